The minimum atomic E-state index is -0.469. The second kappa shape index (κ2) is 8.15. The SMILES string of the molecule is COC(=O)c1ccc(OC[C@@H](O)C[NH+]2CCC(C)CC2)cc1. The van der Waals surface area contributed by atoms with E-state index in [9.17, 15) is 9.90 Å². The fourth-order valence-corrected chi connectivity index (χ4v) is 2.76. The van der Waals surface area contributed by atoms with Gasteiger partial charge in [0.25, 0.3) is 0 Å². The minimum Gasteiger partial charge on any atom is -0.491 e. The zero-order valence-electron chi connectivity index (χ0n) is 13.4. The molecule has 0 bridgehead atoms. The molecule has 0 amide bonds. The molecule has 5 heteroatoms. The number of likely N-dealkylation sites (tertiary alicyclic amines) is 1. The molecule has 1 aromatic carbocycles. The van der Waals surface area contributed by atoms with E-state index >= 15 is 0 Å². The highest BCUT2D eigenvalue weighted by Gasteiger charge is 2.21. The number of benzene rings is 1. The Balaban J connectivity index is 1.74. The third-order valence-corrected chi connectivity index (χ3v) is 4.22. The summed E-state index contributed by atoms with van der Waals surface area (Å²) in [6.45, 7) is 5.55. The Hall–Kier alpha value is -1.59. The van der Waals surface area contributed by atoms with Gasteiger partial charge in [-0.15, -0.1) is 0 Å². The van der Waals surface area contributed by atoms with Crippen LogP contribution >= 0.6 is 0 Å². The van der Waals surface area contributed by atoms with E-state index in [-0.39, 0.29) is 12.6 Å². The fraction of sp³-hybridized carbons (Fsp3) is 0.588. The van der Waals surface area contributed by atoms with Gasteiger partial charge in [0.05, 0.1) is 25.8 Å². The molecule has 0 radical (unpaired) electrons. The Bertz CT molecular complexity index is 466. The van der Waals surface area contributed by atoms with Crippen molar-refractivity contribution in [2.45, 2.75) is 25.9 Å². The molecular formula is C17H26NO4+. The maximum absolute atomic E-state index is 11.3. The standard InChI is InChI=1S/C17H25NO4/c1-13-7-9-18(10-8-13)11-15(19)12-22-16-5-3-14(4-6-16)17(20)21-2/h3-6,13,15,19H,7-12H2,1-2H3/p+1/t15-/m0/s1. The minimum absolute atomic E-state index is 0.274. The number of hydrogen-bond acceptors (Lipinski definition) is 4. The first kappa shape index (κ1) is 16.8. The number of rotatable bonds is 6. The van der Waals surface area contributed by atoms with Crippen LogP contribution in [0.3, 0.4) is 0 Å². The lowest BCUT2D eigenvalue weighted by molar-refractivity contribution is -0.909. The molecule has 1 aromatic rings. The van der Waals surface area contributed by atoms with Crippen molar-refractivity contribution in [3.05, 3.63) is 29.8 Å². The maximum Gasteiger partial charge on any atom is 0.337 e. The van der Waals surface area contributed by atoms with E-state index in [1.165, 1.54) is 24.9 Å². The summed E-state index contributed by atoms with van der Waals surface area (Å²) in [5.74, 6) is 1.09. The molecule has 0 spiro atoms. The smallest absolute Gasteiger partial charge is 0.337 e. The Labute approximate surface area is 131 Å². The molecule has 1 aliphatic heterocycles. The maximum atomic E-state index is 11.3. The van der Waals surface area contributed by atoms with Crippen molar-refractivity contribution in [2.75, 3.05) is 33.4 Å². The van der Waals surface area contributed by atoms with Gasteiger partial charge in [0.15, 0.2) is 0 Å². The van der Waals surface area contributed by atoms with E-state index < -0.39 is 6.10 Å². The third-order valence-electron chi connectivity index (χ3n) is 4.22. The van der Waals surface area contributed by atoms with Crippen LogP contribution in [0.4, 0.5) is 0 Å². The molecule has 5 nitrogen and oxygen atoms in total. The van der Waals surface area contributed by atoms with Crippen molar-refractivity contribution < 1.29 is 24.3 Å². The highest BCUT2D eigenvalue weighted by Crippen LogP contribution is 2.13. The number of methoxy groups -OCH3 is 1. The van der Waals surface area contributed by atoms with Crippen molar-refractivity contribution in [1.82, 2.24) is 0 Å². The van der Waals surface area contributed by atoms with Crippen LogP contribution in [0.15, 0.2) is 24.3 Å². The molecule has 1 aliphatic rings. The number of nitrogens with one attached hydrogen (secondary N) is 1. The molecule has 2 N–H and O–H groups in total. The van der Waals surface area contributed by atoms with Crippen LogP contribution in [0, 0.1) is 5.92 Å². The normalized spacial score (nSPS) is 22.9. The predicted molar refractivity (Wildman–Crippen MR) is 83.2 cm³/mol. The van der Waals surface area contributed by atoms with E-state index in [2.05, 4.69) is 11.7 Å². The molecular weight excluding hydrogens is 282 g/mol. The Morgan fingerprint density at radius 3 is 2.55 bits per heavy atom. The van der Waals surface area contributed by atoms with Crippen LogP contribution in [0.2, 0.25) is 0 Å². The van der Waals surface area contributed by atoms with Gasteiger partial charge in [-0.1, -0.05) is 6.92 Å². The number of aliphatic hydroxyl groups excluding tert-OH is 1. The lowest BCUT2D eigenvalue weighted by Crippen LogP contribution is -3.14. The predicted octanol–water partition coefficient (Wildman–Crippen LogP) is 0.528. The Morgan fingerprint density at radius 1 is 1.32 bits per heavy atom. The highest BCUT2D eigenvalue weighted by molar-refractivity contribution is 5.89. The Kier molecular flexibility index (Phi) is 6.21. The summed E-state index contributed by atoms with van der Waals surface area (Å²) in [6, 6.07) is 6.75. The number of carbonyl (C=O) groups is 1. The van der Waals surface area contributed by atoms with Gasteiger partial charge in [-0.3, -0.25) is 0 Å². The van der Waals surface area contributed by atoms with Crippen LogP contribution in [0.5, 0.6) is 5.75 Å². The van der Waals surface area contributed by atoms with Gasteiger partial charge >= 0.3 is 5.97 Å². The van der Waals surface area contributed by atoms with E-state index in [0.717, 1.165) is 25.6 Å². The van der Waals surface area contributed by atoms with Gasteiger partial charge < -0.3 is 19.5 Å². The van der Waals surface area contributed by atoms with Gasteiger partial charge in [-0.05, 0) is 43.0 Å². The molecule has 0 aliphatic carbocycles. The highest BCUT2D eigenvalue weighted by atomic mass is 16.5. The average Bonchev–Trinajstić information content (AvgIpc) is 2.55. The number of hydrogen-bond donors (Lipinski definition) is 2. The van der Waals surface area contributed by atoms with Crippen molar-refractivity contribution in [3.63, 3.8) is 0 Å². The summed E-state index contributed by atoms with van der Waals surface area (Å²) < 4.78 is 10.2. The van der Waals surface area contributed by atoms with E-state index in [4.69, 9.17) is 4.74 Å². The van der Waals surface area contributed by atoms with Crippen LogP contribution in [-0.4, -0.2) is 50.5 Å². The largest absolute Gasteiger partial charge is 0.491 e. The molecule has 2 rings (SSSR count). The molecule has 1 fully saturated rings. The van der Waals surface area contributed by atoms with Gasteiger partial charge in [-0.25, -0.2) is 4.79 Å². The lowest BCUT2D eigenvalue weighted by atomic mass is 9.99. The molecule has 0 unspecified atom stereocenters. The second-order valence-corrected chi connectivity index (χ2v) is 6.12. The van der Waals surface area contributed by atoms with Gasteiger partial charge in [-0.2, -0.15) is 0 Å². The molecule has 0 aromatic heterocycles. The van der Waals surface area contributed by atoms with Crippen LogP contribution in [0.25, 0.3) is 0 Å². The summed E-state index contributed by atoms with van der Waals surface area (Å²) in [5, 5.41) is 10.1. The molecule has 1 atom stereocenters. The molecule has 0 saturated carbocycles. The van der Waals surface area contributed by atoms with Crippen molar-refractivity contribution in [2.24, 2.45) is 5.92 Å². The monoisotopic (exact) mass is 308 g/mol. The number of quaternary nitrogens is 1. The first-order valence-corrected chi connectivity index (χ1v) is 7.91. The molecule has 22 heavy (non-hydrogen) atoms. The molecule has 1 saturated heterocycles. The van der Waals surface area contributed by atoms with Gasteiger partial charge in [0.1, 0.15) is 25.0 Å². The van der Waals surface area contributed by atoms with Crippen LogP contribution < -0.4 is 9.64 Å². The van der Waals surface area contributed by atoms with E-state index in [0.29, 0.717) is 11.3 Å². The zero-order valence-corrected chi connectivity index (χ0v) is 13.4. The topological polar surface area (TPSA) is 60.2 Å². The Morgan fingerprint density at radius 2 is 1.95 bits per heavy atom. The summed E-state index contributed by atoms with van der Waals surface area (Å²) >= 11 is 0. The summed E-state index contributed by atoms with van der Waals surface area (Å²) in [5.41, 5.74) is 0.488. The van der Waals surface area contributed by atoms with E-state index in [1.807, 2.05) is 0 Å². The second-order valence-electron chi connectivity index (χ2n) is 6.12. The summed E-state index contributed by atoms with van der Waals surface area (Å²) in [4.78, 5) is 12.8. The number of esters is 1. The lowest BCUT2D eigenvalue weighted by Gasteiger charge is -2.28. The van der Waals surface area contributed by atoms with Crippen molar-refractivity contribution in [1.29, 1.82) is 0 Å². The van der Waals surface area contributed by atoms with Crippen molar-refractivity contribution >= 4 is 5.97 Å². The molecule has 122 valence electrons. The summed E-state index contributed by atoms with van der Waals surface area (Å²) in [7, 11) is 1.35. The van der Waals surface area contributed by atoms with Gasteiger partial charge in [0.2, 0.25) is 0 Å². The zero-order chi connectivity index (χ0) is 15.9. The number of ether oxygens (including phenoxy) is 2. The fourth-order valence-electron chi connectivity index (χ4n) is 2.76. The number of piperidine rings is 1. The number of carbonyl (C=O) groups excluding carboxylic acids is 1. The van der Waals surface area contributed by atoms with E-state index in [1.54, 1.807) is 24.3 Å². The van der Waals surface area contributed by atoms with Crippen LogP contribution in [-0.2, 0) is 4.74 Å². The molecule has 1 heterocycles. The number of aliphatic hydroxyl groups is 1. The summed E-state index contributed by atoms with van der Waals surface area (Å²) in [6.07, 6.45) is 2.00. The third kappa shape index (κ3) is 5.00. The van der Waals surface area contributed by atoms with Gasteiger partial charge in [0, 0.05) is 0 Å². The van der Waals surface area contributed by atoms with Crippen molar-refractivity contribution in [3.8, 4) is 5.75 Å². The average molecular weight is 308 g/mol. The first-order valence-electron chi connectivity index (χ1n) is 7.91. The van der Waals surface area contributed by atoms with Crippen LogP contribution in [0.1, 0.15) is 30.1 Å². The quantitative estimate of drug-likeness (QED) is 0.753. The first-order chi connectivity index (χ1) is 10.6.